The van der Waals surface area contributed by atoms with Crippen LogP contribution in [0.4, 0.5) is 5.00 Å². The Kier molecular flexibility index (Phi) is 7.05. The van der Waals surface area contributed by atoms with E-state index < -0.39 is 0 Å². The zero-order valence-corrected chi connectivity index (χ0v) is 20.4. The van der Waals surface area contributed by atoms with E-state index in [1.54, 1.807) is 17.6 Å². The van der Waals surface area contributed by atoms with Gasteiger partial charge in [-0.05, 0) is 69.9 Å². The number of hydrogen-bond donors (Lipinski definition) is 2. The SMILES string of the molecule is CCN(c1sc(-c2ccco2)c(C(=O)NCc2c(C)cc(C)[nH]c2=O)c1C)C1CCOCC1. The van der Waals surface area contributed by atoms with Gasteiger partial charge in [0, 0.05) is 43.6 Å². The van der Waals surface area contributed by atoms with Crippen LogP contribution in [-0.4, -0.2) is 36.7 Å². The van der Waals surface area contributed by atoms with Gasteiger partial charge in [-0.2, -0.15) is 0 Å². The fourth-order valence-electron chi connectivity index (χ4n) is 4.55. The molecule has 8 heteroatoms. The van der Waals surface area contributed by atoms with E-state index in [9.17, 15) is 9.59 Å². The van der Waals surface area contributed by atoms with Crippen LogP contribution in [-0.2, 0) is 11.3 Å². The Bertz CT molecular complexity index is 1170. The topological polar surface area (TPSA) is 87.6 Å². The molecule has 0 unspecified atom stereocenters. The van der Waals surface area contributed by atoms with Crippen molar-refractivity contribution in [1.82, 2.24) is 10.3 Å². The van der Waals surface area contributed by atoms with Crippen molar-refractivity contribution < 1.29 is 13.9 Å². The molecule has 0 atom stereocenters. The van der Waals surface area contributed by atoms with Gasteiger partial charge in [-0.3, -0.25) is 9.59 Å². The monoisotopic (exact) mass is 469 g/mol. The van der Waals surface area contributed by atoms with Crippen molar-refractivity contribution >= 4 is 22.2 Å². The molecule has 1 amide bonds. The molecule has 0 spiro atoms. The lowest BCUT2D eigenvalue weighted by atomic mass is 10.0. The van der Waals surface area contributed by atoms with Gasteiger partial charge < -0.3 is 24.4 Å². The second kappa shape index (κ2) is 9.97. The van der Waals surface area contributed by atoms with Crippen molar-refractivity contribution in [3.63, 3.8) is 0 Å². The highest BCUT2D eigenvalue weighted by Gasteiger charge is 2.29. The van der Waals surface area contributed by atoms with Gasteiger partial charge in [0.2, 0.25) is 0 Å². The molecule has 33 heavy (non-hydrogen) atoms. The third-order valence-electron chi connectivity index (χ3n) is 6.25. The number of aryl methyl sites for hydroxylation is 2. The average molecular weight is 470 g/mol. The summed E-state index contributed by atoms with van der Waals surface area (Å²) in [5, 5.41) is 4.07. The summed E-state index contributed by atoms with van der Waals surface area (Å²) in [7, 11) is 0. The van der Waals surface area contributed by atoms with Crippen molar-refractivity contribution in [1.29, 1.82) is 0 Å². The molecule has 4 rings (SSSR count). The predicted molar refractivity (Wildman–Crippen MR) is 131 cm³/mol. The van der Waals surface area contributed by atoms with E-state index in [0.29, 0.717) is 22.9 Å². The molecule has 0 aromatic carbocycles. The average Bonchev–Trinajstić information content (AvgIpc) is 3.43. The Morgan fingerprint density at radius 2 is 2.03 bits per heavy atom. The van der Waals surface area contributed by atoms with Crippen LogP contribution in [0, 0.1) is 20.8 Å². The van der Waals surface area contributed by atoms with Crippen LogP contribution >= 0.6 is 11.3 Å². The molecule has 0 aliphatic carbocycles. The molecule has 1 aliphatic rings. The Morgan fingerprint density at radius 1 is 1.27 bits per heavy atom. The minimum Gasteiger partial charge on any atom is -0.463 e. The van der Waals surface area contributed by atoms with E-state index in [4.69, 9.17) is 9.15 Å². The smallest absolute Gasteiger partial charge is 0.253 e. The highest BCUT2D eigenvalue weighted by molar-refractivity contribution is 7.20. The number of anilines is 1. The first-order valence-electron chi connectivity index (χ1n) is 11.4. The number of aromatic nitrogens is 1. The fourth-order valence-corrected chi connectivity index (χ4v) is 5.96. The molecule has 3 aromatic rings. The van der Waals surface area contributed by atoms with Crippen molar-refractivity contribution in [3.8, 4) is 10.6 Å². The van der Waals surface area contributed by atoms with Crippen molar-refractivity contribution in [2.45, 2.75) is 53.1 Å². The summed E-state index contributed by atoms with van der Waals surface area (Å²) in [5.74, 6) is 0.468. The molecule has 1 fully saturated rings. The summed E-state index contributed by atoms with van der Waals surface area (Å²) >= 11 is 1.59. The first-order chi connectivity index (χ1) is 15.9. The molecule has 1 saturated heterocycles. The maximum Gasteiger partial charge on any atom is 0.253 e. The van der Waals surface area contributed by atoms with Crippen molar-refractivity contribution in [2.75, 3.05) is 24.7 Å². The minimum atomic E-state index is -0.205. The first kappa shape index (κ1) is 23.3. The quantitative estimate of drug-likeness (QED) is 0.530. The number of furan rings is 1. The maximum atomic E-state index is 13.4. The van der Waals surface area contributed by atoms with E-state index in [1.165, 1.54) is 0 Å². The van der Waals surface area contributed by atoms with Crippen LogP contribution in [0.15, 0.2) is 33.7 Å². The number of ether oxygens (including phenoxy) is 1. The molecule has 176 valence electrons. The van der Waals surface area contributed by atoms with Gasteiger partial charge in [-0.25, -0.2) is 0 Å². The Balaban J connectivity index is 1.68. The van der Waals surface area contributed by atoms with Crippen LogP contribution < -0.4 is 15.8 Å². The lowest BCUT2D eigenvalue weighted by Crippen LogP contribution is -2.39. The predicted octanol–water partition coefficient (Wildman–Crippen LogP) is 4.56. The molecule has 0 radical (unpaired) electrons. The number of rotatable bonds is 7. The molecule has 0 bridgehead atoms. The van der Waals surface area contributed by atoms with Crippen molar-refractivity contribution in [3.05, 3.63) is 62.8 Å². The van der Waals surface area contributed by atoms with E-state index in [1.807, 2.05) is 39.0 Å². The van der Waals surface area contributed by atoms with Gasteiger partial charge >= 0.3 is 0 Å². The number of nitrogens with zero attached hydrogens (tertiary/aromatic N) is 1. The molecule has 1 aliphatic heterocycles. The zero-order valence-electron chi connectivity index (χ0n) is 19.6. The number of aromatic amines is 1. The van der Waals surface area contributed by atoms with Crippen LogP contribution in [0.1, 0.15) is 52.5 Å². The van der Waals surface area contributed by atoms with Crippen LogP contribution in [0.5, 0.6) is 0 Å². The normalized spacial score (nSPS) is 14.4. The zero-order chi connectivity index (χ0) is 23.5. The summed E-state index contributed by atoms with van der Waals surface area (Å²) in [6.07, 6.45) is 3.56. The van der Waals surface area contributed by atoms with E-state index in [0.717, 1.165) is 59.3 Å². The summed E-state index contributed by atoms with van der Waals surface area (Å²) in [5.41, 5.74) is 3.61. The van der Waals surface area contributed by atoms with Crippen LogP contribution in [0.3, 0.4) is 0 Å². The number of pyridine rings is 1. The molecule has 7 nitrogen and oxygen atoms in total. The number of amides is 1. The van der Waals surface area contributed by atoms with Gasteiger partial charge in [0.15, 0.2) is 0 Å². The van der Waals surface area contributed by atoms with Gasteiger partial charge in [-0.1, -0.05) is 0 Å². The molecule has 4 heterocycles. The van der Waals surface area contributed by atoms with E-state index in [-0.39, 0.29) is 18.0 Å². The number of carbonyl (C=O) groups excluding carboxylic acids is 1. The molecular formula is C25H31N3O4S. The first-order valence-corrected chi connectivity index (χ1v) is 12.2. The molecular weight excluding hydrogens is 438 g/mol. The third kappa shape index (κ3) is 4.77. The Hall–Kier alpha value is -2.84. The number of H-pyrrole nitrogens is 1. The summed E-state index contributed by atoms with van der Waals surface area (Å²) in [6, 6.07) is 6.01. The van der Waals surface area contributed by atoms with Gasteiger partial charge in [-0.15, -0.1) is 11.3 Å². The minimum absolute atomic E-state index is 0.167. The number of carbonyl (C=O) groups is 1. The Morgan fingerprint density at radius 3 is 2.67 bits per heavy atom. The standard InChI is InChI=1S/C25H31N3O4S/c1-5-28(18-8-11-31-12-9-18)25-17(4)21(22(33-25)20-7-6-10-32-20)24(30)26-14-19-15(2)13-16(3)27-23(19)29/h6-7,10,13,18H,5,8-9,11-12,14H2,1-4H3,(H,26,30)(H,27,29). The lowest BCUT2D eigenvalue weighted by molar-refractivity contribution is 0.0847. The number of hydrogen-bond acceptors (Lipinski definition) is 6. The summed E-state index contributed by atoms with van der Waals surface area (Å²) in [4.78, 5) is 31.9. The van der Waals surface area contributed by atoms with Gasteiger partial charge in [0.25, 0.3) is 11.5 Å². The fraction of sp³-hybridized carbons (Fsp3) is 0.440. The summed E-state index contributed by atoms with van der Waals surface area (Å²) < 4.78 is 11.2. The highest BCUT2D eigenvalue weighted by Crippen LogP contribution is 2.43. The van der Waals surface area contributed by atoms with E-state index >= 15 is 0 Å². The second-order valence-electron chi connectivity index (χ2n) is 8.47. The highest BCUT2D eigenvalue weighted by atomic mass is 32.1. The third-order valence-corrected chi connectivity index (χ3v) is 7.59. The number of nitrogens with one attached hydrogen (secondary N) is 2. The molecule has 0 saturated carbocycles. The molecule has 3 aromatic heterocycles. The lowest BCUT2D eigenvalue weighted by Gasteiger charge is -2.34. The molecule has 2 N–H and O–H groups in total. The van der Waals surface area contributed by atoms with Crippen molar-refractivity contribution in [2.24, 2.45) is 0 Å². The van der Waals surface area contributed by atoms with E-state index in [2.05, 4.69) is 22.1 Å². The van der Waals surface area contributed by atoms with Crippen LogP contribution in [0.2, 0.25) is 0 Å². The van der Waals surface area contributed by atoms with Gasteiger partial charge in [0.1, 0.15) is 5.76 Å². The largest absolute Gasteiger partial charge is 0.463 e. The van der Waals surface area contributed by atoms with Crippen LogP contribution in [0.25, 0.3) is 10.6 Å². The second-order valence-corrected chi connectivity index (χ2v) is 9.47. The number of thiophene rings is 1. The maximum absolute atomic E-state index is 13.4. The van der Waals surface area contributed by atoms with Gasteiger partial charge in [0.05, 0.1) is 21.7 Å². The Labute approximate surface area is 197 Å². The summed E-state index contributed by atoms with van der Waals surface area (Å²) in [6.45, 7) is 10.4.